The summed E-state index contributed by atoms with van der Waals surface area (Å²) in [6.45, 7) is -2.92. The number of nitrogens with one attached hydrogen (secondary N) is 2. The van der Waals surface area contributed by atoms with E-state index >= 15 is 0 Å². The van der Waals surface area contributed by atoms with E-state index in [1.807, 2.05) is 0 Å². The summed E-state index contributed by atoms with van der Waals surface area (Å²) in [4.78, 5) is 23.9. The maximum Gasteiger partial charge on any atom is 0.387 e. The Labute approximate surface area is 131 Å². The average Bonchev–Trinajstić information content (AvgIpc) is 2.54. The Hall–Kier alpha value is -2.96. The minimum Gasteiger partial charge on any atom is -0.435 e. The molecule has 2 rings (SSSR count). The minimum absolute atomic E-state index is 0.0395. The van der Waals surface area contributed by atoms with Gasteiger partial charge < -0.3 is 15.4 Å². The van der Waals surface area contributed by atoms with Gasteiger partial charge in [0, 0.05) is 12.6 Å². The fourth-order valence-electron chi connectivity index (χ4n) is 1.91. The van der Waals surface area contributed by atoms with Crippen LogP contribution in [0.3, 0.4) is 0 Å². The highest BCUT2D eigenvalue weighted by atomic mass is 19.3. The Balaban J connectivity index is 2.15. The molecule has 2 aromatic rings. The summed E-state index contributed by atoms with van der Waals surface area (Å²) in [5, 5.41) is 5.10. The minimum atomic E-state index is -2.92. The van der Waals surface area contributed by atoms with Crippen molar-refractivity contribution in [3.63, 3.8) is 0 Å². The second-order valence-electron chi connectivity index (χ2n) is 4.48. The third-order valence-corrected chi connectivity index (χ3v) is 2.99. The molecule has 0 aromatic heterocycles. The van der Waals surface area contributed by atoms with Crippen LogP contribution in [0.4, 0.5) is 14.5 Å². The van der Waals surface area contributed by atoms with Gasteiger partial charge in [-0.2, -0.15) is 8.78 Å². The molecule has 0 atom stereocenters. The quantitative estimate of drug-likeness (QED) is 0.890. The number of halogens is 2. The molecule has 2 amide bonds. The summed E-state index contributed by atoms with van der Waals surface area (Å²) in [5.74, 6) is -0.839. The van der Waals surface area contributed by atoms with Gasteiger partial charge in [-0.25, -0.2) is 0 Å². The molecule has 0 saturated carbocycles. The molecule has 0 aliphatic rings. The van der Waals surface area contributed by atoms with Crippen LogP contribution in [0.2, 0.25) is 0 Å². The molecule has 0 aliphatic heterocycles. The molecular weight excluding hydrogens is 306 g/mol. The number of hydrogen-bond acceptors (Lipinski definition) is 3. The van der Waals surface area contributed by atoms with Crippen molar-refractivity contribution in [3.8, 4) is 5.75 Å². The number of amides is 2. The zero-order valence-corrected chi connectivity index (χ0v) is 12.2. The predicted molar refractivity (Wildman–Crippen MR) is 80.9 cm³/mol. The van der Waals surface area contributed by atoms with E-state index in [0.29, 0.717) is 11.3 Å². The molecule has 0 unspecified atom stereocenters. The van der Waals surface area contributed by atoms with E-state index in [1.54, 1.807) is 24.3 Å². The van der Waals surface area contributed by atoms with Crippen LogP contribution in [0, 0.1) is 0 Å². The van der Waals surface area contributed by atoms with Crippen LogP contribution in [-0.4, -0.2) is 25.5 Å². The fourth-order valence-corrected chi connectivity index (χ4v) is 1.91. The van der Waals surface area contributed by atoms with Crippen LogP contribution in [0.1, 0.15) is 20.7 Å². The monoisotopic (exact) mass is 320 g/mol. The SMILES string of the molecule is CNC(=O)c1ccccc1NC(=O)c1ccc(OC(F)F)cc1. The van der Waals surface area contributed by atoms with Crippen LogP contribution in [-0.2, 0) is 0 Å². The van der Waals surface area contributed by atoms with Gasteiger partial charge in [0.1, 0.15) is 5.75 Å². The van der Waals surface area contributed by atoms with Crippen LogP contribution in [0.15, 0.2) is 48.5 Å². The molecule has 0 aliphatic carbocycles. The Bertz CT molecular complexity index is 703. The lowest BCUT2D eigenvalue weighted by Crippen LogP contribution is -2.21. The largest absolute Gasteiger partial charge is 0.435 e. The standard InChI is InChI=1S/C16H14F2N2O3/c1-19-15(22)12-4-2-3-5-13(12)20-14(21)10-6-8-11(9-7-10)23-16(17)18/h2-9,16H,1H3,(H,19,22)(H,20,21). The highest BCUT2D eigenvalue weighted by molar-refractivity contribution is 6.08. The Morgan fingerprint density at radius 3 is 2.26 bits per heavy atom. The van der Waals surface area contributed by atoms with Crippen molar-refractivity contribution in [2.45, 2.75) is 6.61 Å². The van der Waals surface area contributed by atoms with Crippen molar-refractivity contribution in [1.82, 2.24) is 5.32 Å². The third-order valence-electron chi connectivity index (χ3n) is 2.99. The number of para-hydroxylation sites is 1. The molecule has 0 radical (unpaired) electrons. The van der Waals surface area contributed by atoms with Crippen LogP contribution in [0.25, 0.3) is 0 Å². The van der Waals surface area contributed by atoms with Crippen molar-refractivity contribution >= 4 is 17.5 Å². The summed E-state index contributed by atoms with van der Waals surface area (Å²) in [6, 6.07) is 11.8. The molecule has 23 heavy (non-hydrogen) atoms. The third kappa shape index (κ3) is 4.26. The summed E-state index contributed by atoms with van der Waals surface area (Å²) in [7, 11) is 1.49. The maximum absolute atomic E-state index is 12.2. The molecule has 2 N–H and O–H groups in total. The smallest absolute Gasteiger partial charge is 0.387 e. The number of carbonyl (C=O) groups is 2. The van der Waals surface area contributed by atoms with E-state index in [-0.39, 0.29) is 17.2 Å². The van der Waals surface area contributed by atoms with E-state index < -0.39 is 12.5 Å². The van der Waals surface area contributed by atoms with Gasteiger partial charge in [0.05, 0.1) is 11.3 Å². The molecule has 0 heterocycles. The summed E-state index contributed by atoms with van der Waals surface area (Å²) < 4.78 is 28.4. The first-order valence-electron chi connectivity index (χ1n) is 6.68. The molecule has 7 heteroatoms. The van der Waals surface area contributed by atoms with Crippen LogP contribution >= 0.6 is 0 Å². The van der Waals surface area contributed by atoms with Crippen LogP contribution in [0.5, 0.6) is 5.75 Å². The topological polar surface area (TPSA) is 67.4 Å². The number of alkyl halides is 2. The predicted octanol–water partition coefficient (Wildman–Crippen LogP) is 2.90. The molecule has 0 saturated heterocycles. The highest BCUT2D eigenvalue weighted by Crippen LogP contribution is 2.18. The number of benzene rings is 2. The normalized spacial score (nSPS) is 10.3. The van der Waals surface area contributed by atoms with Crippen molar-refractivity contribution in [3.05, 3.63) is 59.7 Å². The Kier molecular flexibility index (Phi) is 5.24. The average molecular weight is 320 g/mol. The van der Waals surface area contributed by atoms with Gasteiger partial charge >= 0.3 is 6.61 Å². The molecule has 0 bridgehead atoms. The van der Waals surface area contributed by atoms with E-state index in [2.05, 4.69) is 15.4 Å². The number of ether oxygens (including phenoxy) is 1. The van der Waals surface area contributed by atoms with Gasteiger partial charge in [0.2, 0.25) is 0 Å². The van der Waals surface area contributed by atoms with E-state index in [9.17, 15) is 18.4 Å². The van der Waals surface area contributed by atoms with Crippen LogP contribution < -0.4 is 15.4 Å². The molecule has 5 nitrogen and oxygen atoms in total. The number of anilines is 1. The zero-order valence-electron chi connectivity index (χ0n) is 12.2. The number of hydrogen-bond donors (Lipinski definition) is 2. The van der Waals surface area contributed by atoms with Crippen molar-refractivity contribution in [1.29, 1.82) is 0 Å². The second kappa shape index (κ2) is 7.35. The zero-order chi connectivity index (χ0) is 16.8. The Morgan fingerprint density at radius 1 is 1.00 bits per heavy atom. The summed E-state index contributed by atoms with van der Waals surface area (Å²) in [5.41, 5.74) is 0.920. The van der Waals surface area contributed by atoms with Crippen molar-refractivity contribution in [2.24, 2.45) is 0 Å². The second-order valence-corrected chi connectivity index (χ2v) is 4.48. The maximum atomic E-state index is 12.2. The van der Waals surface area contributed by atoms with Gasteiger partial charge in [-0.3, -0.25) is 9.59 Å². The fraction of sp³-hybridized carbons (Fsp3) is 0.125. The molecule has 2 aromatic carbocycles. The van der Waals surface area contributed by atoms with Gasteiger partial charge in [0.15, 0.2) is 0 Å². The Morgan fingerprint density at radius 2 is 1.65 bits per heavy atom. The summed E-state index contributed by atoms with van der Waals surface area (Å²) in [6.07, 6.45) is 0. The van der Waals surface area contributed by atoms with Crippen molar-refractivity contribution < 1.29 is 23.1 Å². The highest BCUT2D eigenvalue weighted by Gasteiger charge is 2.13. The lowest BCUT2D eigenvalue weighted by atomic mass is 10.1. The van der Waals surface area contributed by atoms with Gasteiger partial charge in [-0.1, -0.05) is 12.1 Å². The summed E-state index contributed by atoms with van der Waals surface area (Å²) >= 11 is 0. The van der Waals surface area contributed by atoms with Gasteiger partial charge in [0.25, 0.3) is 11.8 Å². The van der Waals surface area contributed by atoms with Gasteiger partial charge in [-0.15, -0.1) is 0 Å². The number of rotatable bonds is 5. The lowest BCUT2D eigenvalue weighted by molar-refractivity contribution is -0.0498. The van der Waals surface area contributed by atoms with E-state index in [0.717, 1.165) is 0 Å². The molecule has 120 valence electrons. The first-order valence-corrected chi connectivity index (χ1v) is 6.68. The molecular formula is C16H14F2N2O3. The number of carbonyl (C=O) groups excluding carboxylic acids is 2. The molecule has 0 spiro atoms. The lowest BCUT2D eigenvalue weighted by Gasteiger charge is -2.10. The molecule has 0 fully saturated rings. The first-order chi connectivity index (χ1) is 11.0. The van der Waals surface area contributed by atoms with Gasteiger partial charge in [-0.05, 0) is 36.4 Å². The first kappa shape index (κ1) is 16.4. The van der Waals surface area contributed by atoms with E-state index in [1.165, 1.54) is 31.3 Å². The van der Waals surface area contributed by atoms with E-state index in [4.69, 9.17) is 0 Å². The van der Waals surface area contributed by atoms with Crippen molar-refractivity contribution in [2.75, 3.05) is 12.4 Å².